The van der Waals surface area contributed by atoms with E-state index in [1.807, 2.05) is 22.6 Å². The summed E-state index contributed by atoms with van der Waals surface area (Å²) in [5, 5.41) is 2.20. The molecule has 0 unspecified atom stereocenters. The van der Waals surface area contributed by atoms with Crippen molar-refractivity contribution in [3.63, 3.8) is 0 Å². The summed E-state index contributed by atoms with van der Waals surface area (Å²) in [5.41, 5.74) is -0.883. The summed E-state index contributed by atoms with van der Waals surface area (Å²) >= 11 is 1.90. The van der Waals surface area contributed by atoms with Crippen LogP contribution in [0.2, 0.25) is 0 Å². The molecule has 0 spiro atoms. The molecule has 0 saturated carbocycles. The maximum atomic E-state index is 12.8. The molecule has 0 aliphatic carbocycles. The number of anilines is 1. The predicted molar refractivity (Wildman–Crippen MR) is 73.6 cm³/mol. The monoisotopic (exact) mass is 385 g/mol. The topological polar surface area (TPSA) is 38.3 Å². The van der Waals surface area contributed by atoms with E-state index in [0.717, 1.165) is 0 Å². The maximum Gasteiger partial charge on any atom is 0.431 e. The lowest BCUT2D eigenvalue weighted by atomic mass is 10.3. The molecule has 1 aromatic carbocycles. The van der Waals surface area contributed by atoms with Gasteiger partial charge in [0.05, 0.1) is 18.4 Å². The van der Waals surface area contributed by atoms with E-state index in [1.54, 1.807) is 18.2 Å². The molecule has 1 aromatic rings. The molecule has 0 bridgehead atoms. The third-order valence-corrected chi connectivity index (χ3v) is 2.94. The minimum absolute atomic E-state index is 0.0172. The van der Waals surface area contributed by atoms with Gasteiger partial charge >= 0.3 is 12.1 Å². The van der Waals surface area contributed by atoms with E-state index in [-0.39, 0.29) is 12.3 Å². The summed E-state index contributed by atoms with van der Waals surface area (Å²) in [6.45, 7) is 1.54. The third-order valence-electron chi connectivity index (χ3n) is 2.00. The van der Waals surface area contributed by atoms with Gasteiger partial charge in [0, 0.05) is 3.57 Å². The van der Waals surface area contributed by atoms with Crippen LogP contribution in [0, 0.1) is 3.57 Å². The summed E-state index contributed by atoms with van der Waals surface area (Å²) in [4.78, 5) is 11.1. The summed E-state index contributed by atoms with van der Waals surface area (Å²) in [6.07, 6.45) is -4.25. The summed E-state index contributed by atoms with van der Waals surface area (Å²) in [6, 6.07) is 6.45. The summed E-state index contributed by atoms with van der Waals surface area (Å²) in [5.74, 6) is -1.03. The van der Waals surface area contributed by atoms with Gasteiger partial charge in [-0.15, -0.1) is 0 Å². The Morgan fingerprint density at radius 2 is 2.05 bits per heavy atom. The molecule has 7 heteroatoms. The van der Waals surface area contributed by atoms with E-state index in [2.05, 4.69) is 10.1 Å². The van der Waals surface area contributed by atoms with Crippen LogP contribution >= 0.6 is 22.6 Å². The Morgan fingerprint density at radius 1 is 1.42 bits per heavy atom. The van der Waals surface area contributed by atoms with Crippen LogP contribution in [0.4, 0.5) is 18.9 Å². The Morgan fingerprint density at radius 3 is 2.58 bits per heavy atom. The number of hydrogen-bond donors (Lipinski definition) is 1. The van der Waals surface area contributed by atoms with E-state index >= 15 is 0 Å². The minimum atomic E-state index is -4.66. The van der Waals surface area contributed by atoms with Gasteiger partial charge in [-0.2, -0.15) is 13.2 Å². The van der Waals surface area contributed by atoms with Crippen molar-refractivity contribution in [3.05, 3.63) is 39.6 Å². The maximum absolute atomic E-state index is 12.8. The van der Waals surface area contributed by atoms with Crippen molar-refractivity contribution in [2.24, 2.45) is 0 Å². The number of para-hydroxylation sites is 1. The molecule has 0 fully saturated rings. The molecular formula is C12H11F3INO2. The summed E-state index contributed by atoms with van der Waals surface area (Å²) in [7, 11) is 0. The van der Waals surface area contributed by atoms with Gasteiger partial charge in [0.2, 0.25) is 0 Å². The fraction of sp³-hybridized carbons (Fsp3) is 0.250. The molecule has 0 aliphatic heterocycles. The number of benzene rings is 1. The molecule has 0 atom stereocenters. The lowest BCUT2D eigenvalue weighted by Crippen LogP contribution is -2.21. The number of esters is 1. The van der Waals surface area contributed by atoms with E-state index in [0.29, 0.717) is 9.65 Å². The lowest BCUT2D eigenvalue weighted by molar-refractivity contribution is -0.138. The van der Waals surface area contributed by atoms with E-state index < -0.39 is 17.8 Å². The van der Waals surface area contributed by atoms with Crippen molar-refractivity contribution in [2.75, 3.05) is 11.9 Å². The van der Waals surface area contributed by atoms with Crippen molar-refractivity contribution < 1.29 is 22.7 Å². The van der Waals surface area contributed by atoms with Crippen LogP contribution in [0.1, 0.15) is 6.92 Å². The van der Waals surface area contributed by atoms with Crippen molar-refractivity contribution in [1.82, 2.24) is 0 Å². The predicted octanol–water partition coefficient (Wildman–Crippen LogP) is 3.71. The van der Waals surface area contributed by atoms with Gasteiger partial charge < -0.3 is 10.1 Å². The van der Waals surface area contributed by atoms with Crippen molar-refractivity contribution in [1.29, 1.82) is 0 Å². The number of allylic oxidation sites excluding steroid dienone is 1. The number of nitrogens with one attached hydrogen (secondary N) is 1. The highest BCUT2D eigenvalue weighted by Crippen LogP contribution is 2.28. The SMILES string of the molecule is CCOC(=O)/C=C(/Nc1ccccc1I)C(F)(F)F. The Kier molecular flexibility index (Phi) is 5.64. The molecule has 1 N–H and O–H groups in total. The third kappa shape index (κ3) is 5.09. The molecule has 0 aliphatic rings. The van der Waals surface area contributed by atoms with Crippen LogP contribution in [0.15, 0.2) is 36.0 Å². The van der Waals surface area contributed by atoms with Crippen LogP contribution in [-0.2, 0) is 9.53 Å². The van der Waals surface area contributed by atoms with Crippen molar-refractivity contribution in [3.8, 4) is 0 Å². The van der Waals surface area contributed by atoms with E-state index in [1.165, 1.54) is 13.0 Å². The van der Waals surface area contributed by atoms with Gasteiger partial charge in [-0.25, -0.2) is 4.79 Å². The van der Waals surface area contributed by atoms with Gasteiger partial charge in [0.15, 0.2) is 0 Å². The molecule has 0 amide bonds. The van der Waals surface area contributed by atoms with E-state index in [4.69, 9.17) is 0 Å². The average molecular weight is 385 g/mol. The Labute approximate surface area is 122 Å². The van der Waals surface area contributed by atoms with Gasteiger partial charge in [-0.05, 0) is 41.6 Å². The Balaban J connectivity index is 3.00. The molecule has 0 saturated heterocycles. The average Bonchev–Trinajstić information content (AvgIpc) is 2.30. The molecule has 19 heavy (non-hydrogen) atoms. The van der Waals surface area contributed by atoms with Crippen LogP contribution in [0.5, 0.6) is 0 Å². The number of ether oxygens (including phenoxy) is 1. The molecular weight excluding hydrogens is 374 g/mol. The van der Waals surface area contributed by atoms with E-state index in [9.17, 15) is 18.0 Å². The number of hydrogen-bond acceptors (Lipinski definition) is 3. The number of alkyl halides is 3. The first-order valence-corrected chi connectivity index (χ1v) is 6.39. The molecule has 0 aromatic heterocycles. The second-order valence-electron chi connectivity index (χ2n) is 3.41. The van der Waals surface area contributed by atoms with Crippen LogP contribution < -0.4 is 5.32 Å². The zero-order valence-corrected chi connectivity index (χ0v) is 12.1. The quantitative estimate of drug-likeness (QED) is 0.488. The van der Waals surface area contributed by atoms with Gasteiger partial charge in [0.25, 0.3) is 0 Å². The van der Waals surface area contributed by atoms with Crippen molar-refractivity contribution >= 4 is 34.2 Å². The second kappa shape index (κ2) is 6.78. The smallest absolute Gasteiger partial charge is 0.431 e. The van der Waals surface area contributed by atoms with Gasteiger partial charge in [-0.1, -0.05) is 12.1 Å². The Bertz CT molecular complexity index is 486. The van der Waals surface area contributed by atoms with Crippen LogP contribution in [-0.4, -0.2) is 18.8 Å². The first-order chi connectivity index (χ1) is 8.84. The standard InChI is InChI=1S/C12H11F3INO2/c1-2-19-11(18)7-10(12(13,14)15)17-9-6-4-3-5-8(9)16/h3-7,17H,2H2,1H3/b10-7+. The molecule has 1 rings (SSSR count). The second-order valence-corrected chi connectivity index (χ2v) is 4.57. The largest absolute Gasteiger partial charge is 0.463 e. The highest BCUT2D eigenvalue weighted by molar-refractivity contribution is 14.1. The fourth-order valence-electron chi connectivity index (χ4n) is 1.20. The number of carbonyl (C=O) groups excluding carboxylic acids is 1. The number of halogens is 4. The highest BCUT2D eigenvalue weighted by atomic mass is 127. The molecule has 104 valence electrons. The van der Waals surface area contributed by atoms with Gasteiger partial charge in [0.1, 0.15) is 5.70 Å². The highest BCUT2D eigenvalue weighted by Gasteiger charge is 2.35. The van der Waals surface area contributed by atoms with Crippen LogP contribution in [0.25, 0.3) is 0 Å². The first kappa shape index (κ1) is 15.8. The lowest BCUT2D eigenvalue weighted by Gasteiger charge is -2.15. The molecule has 3 nitrogen and oxygen atoms in total. The fourth-order valence-corrected chi connectivity index (χ4v) is 1.72. The Hall–Kier alpha value is -1.25. The summed E-state index contributed by atoms with van der Waals surface area (Å²) < 4.78 is 43.5. The zero-order valence-electron chi connectivity index (χ0n) is 9.92. The number of rotatable bonds is 4. The van der Waals surface area contributed by atoms with Gasteiger partial charge in [-0.3, -0.25) is 0 Å². The molecule has 0 heterocycles. The van der Waals surface area contributed by atoms with Crippen LogP contribution in [0.3, 0.4) is 0 Å². The minimum Gasteiger partial charge on any atom is -0.463 e. The van der Waals surface area contributed by atoms with Crippen molar-refractivity contribution in [2.45, 2.75) is 13.1 Å². The number of carbonyl (C=O) groups is 1. The molecule has 0 radical (unpaired) electrons. The first-order valence-electron chi connectivity index (χ1n) is 5.31. The normalized spacial score (nSPS) is 12.2. The zero-order chi connectivity index (χ0) is 14.5.